The normalized spacial score (nSPS) is 10.3. The molecule has 0 spiro atoms. The number of anilines is 1. The fourth-order valence-corrected chi connectivity index (χ4v) is 2.03. The number of hydrogen-bond donors (Lipinski definition) is 1. The summed E-state index contributed by atoms with van der Waals surface area (Å²) in [4.78, 5) is 2.29. The summed E-state index contributed by atoms with van der Waals surface area (Å²) < 4.78 is 0. The second kappa shape index (κ2) is 7.98. The highest BCUT2D eigenvalue weighted by atomic mass is 15.2. The van der Waals surface area contributed by atoms with E-state index in [2.05, 4.69) is 51.7 Å². The van der Waals surface area contributed by atoms with E-state index >= 15 is 0 Å². The van der Waals surface area contributed by atoms with E-state index in [4.69, 9.17) is 5.26 Å². The van der Waals surface area contributed by atoms with Gasteiger partial charge in [0.1, 0.15) is 11.9 Å². The zero-order valence-corrected chi connectivity index (χ0v) is 12.2. The quantitative estimate of drug-likeness (QED) is 0.789. The fourth-order valence-electron chi connectivity index (χ4n) is 2.03. The van der Waals surface area contributed by atoms with Crippen LogP contribution in [0.3, 0.4) is 0 Å². The molecule has 5 heteroatoms. The summed E-state index contributed by atoms with van der Waals surface area (Å²) in [5.41, 5.74) is 1.66. The van der Waals surface area contributed by atoms with Crippen molar-refractivity contribution in [2.24, 2.45) is 0 Å². The van der Waals surface area contributed by atoms with Gasteiger partial charge in [0.15, 0.2) is 5.69 Å². The fraction of sp³-hybridized carbons (Fsp3) is 0.312. The minimum atomic E-state index is 0.336. The Hall–Kier alpha value is -2.45. The molecule has 0 aliphatic rings. The Balaban J connectivity index is 1.66. The van der Waals surface area contributed by atoms with E-state index in [0.717, 1.165) is 26.1 Å². The Morgan fingerprint density at radius 3 is 2.62 bits per heavy atom. The summed E-state index contributed by atoms with van der Waals surface area (Å²) in [6, 6.07) is 15.8. The molecular formula is C16H19N5. The third kappa shape index (κ3) is 5.21. The lowest BCUT2D eigenvalue weighted by molar-refractivity contribution is 0.325. The standard InChI is InChI=1S/C16H19N5/c1-21(13-14-6-3-2-4-7-14)11-5-10-18-16-9-8-15(12-17)19-20-16/h2-4,6-9H,5,10-11,13H2,1H3,(H,18,20). The van der Waals surface area contributed by atoms with Crippen molar-refractivity contribution in [1.82, 2.24) is 15.1 Å². The molecule has 1 N–H and O–H groups in total. The van der Waals surface area contributed by atoms with Gasteiger partial charge in [-0.15, -0.1) is 10.2 Å². The molecule has 2 rings (SSSR count). The first-order valence-corrected chi connectivity index (χ1v) is 6.98. The van der Waals surface area contributed by atoms with Crippen LogP contribution in [-0.4, -0.2) is 35.2 Å². The number of rotatable bonds is 7. The molecule has 0 atom stereocenters. The Kier molecular flexibility index (Phi) is 5.68. The number of nitrogens with zero attached hydrogens (tertiary/aromatic N) is 4. The maximum absolute atomic E-state index is 8.65. The highest BCUT2D eigenvalue weighted by molar-refractivity contribution is 5.34. The van der Waals surface area contributed by atoms with Gasteiger partial charge in [-0.1, -0.05) is 30.3 Å². The highest BCUT2D eigenvalue weighted by Crippen LogP contribution is 2.04. The molecule has 2 aromatic rings. The average molecular weight is 281 g/mol. The monoisotopic (exact) mass is 281 g/mol. The van der Waals surface area contributed by atoms with Gasteiger partial charge in [-0.25, -0.2) is 0 Å². The molecule has 1 aromatic heterocycles. The lowest BCUT2D eigenvalue weighted by Gasteiger charge is -2.16. The van der Waals surface area contributed by atoms with E-state index in [0.29, 0.717) is 11.5 Å². The second-order valence-electron chi connectivity index (χ2n) is 4.92. The smallest absolute Gasteiger partial charge is 0.163 e. The van der Waals surface area contributed by atoms with Crippen molar-refractivity contribution < 1.29 is 0 Å². The van der Waals surface area contributed by atoms with Crippen LogP contribution in [0.25, 0.3) is 0 Å². The van der Waals surface area contributed by atoms with Gasteiger partial charge in [0.05, 0.1) is 0 Å². The zero-order chi connectivity index (χ0) is 14.9. The molecule has 0 fully saturated rings. The highest BCUT2D eigenvalue weighted by Gasteiger charge is 2.00. The van der Waals surface area contributed by atoms with Crippen LogP contribution in [0.2, 0.25) is 0 Å². The van der Waals surface area contributed by atoms with Crippen LogP contribution in [0.15, 0.2) is 42.5 Å². The van der Waals surface area contributed by atoms with Crippen LogP contribution in [-0.2, 0) is 6.54 Å². The van der Waals surface area contributed by atoms with Gasteiger partial charge in [0.2, 0.25) is 0 Å². The van der Waals surface area contributed by atoms with Gasteiger partial charge < -0.3 is 10.2 Å². The number of aromatic nitrogens is 2. The Morgan fingerprint density at radius 1 is 1.14 bits per heavy atom. The first-order valence-electron chi connectivity index (χ1n) is 6.98. The van der Waals surface area contributed by atoms with E-state index < -0.39 is 0 Å². The molecule has 0 aliphatic heterocycles. The molecule has 1 heterocycles. The molecule has 0 bridgehead atoms. The van der Waals surface area contributed by atoms with Gasteiger partial charge in [-0.3, -0.25) is 0 Å². The third-order valence-electron chi connectivity index (χ3n) is 3.10. The molecular weight excluding hydrogens is 262 g/mol. The first-order chi connectivity index (χ1) is 10.3. The largest absolute Gasteiger partial charge is 0.369 e. The summed E-state index contributed by atoms with van der Waals surface area (Å²) >= 11 is 0. The molecule has 1 aromatic carbocycles. The molecule has 0 saturated heterocycles. The summed E-state index contributed by atoms with van der Waals surface area (Å²) in [5, 5.41) is 19.6. The maximum atomic E-state index is 8.65. The van der Waals surface area contributed by atoms with Crippen molar-refractivity contribution >= 4 is 5.82 Å². The minimum absolute atomic E-state index is 0.336. The van der Waals surface area contributed by atoms with Crippen molar-refractivity contribution in [3.63, 3.8) is 0 Å². The SMILES string of the molecule is CN(CCCNc1ccc(C#N)nn1)Cc1ccccc1. The summed E-state index contributed by atoms with van der Waals surface area (Å²) in [7, 11) is 2.12. The molecule has 0 unspecified atom stereocenters. The van der Waals surface area contributed by atoms with Crippen molar-refractivity contribution in [2.75, 3.05) is 25.5 Å². The van der Waals surface area contributed by atoms with E-state index in [9.17, 15) is 0 Å². The molecule has 0 saturated carbocycles. The summed E-state index contributed by atoms with van der Waals surface area (Å²) in [6.45, 7) is 2.79. The van der Waals surface area contributed by atoms with Crippen LogP contribution in [0, 0.1) is 11.3 Å². The summed E-state index contributed by atoms with van der Waals surface area (Å²) in [5.74, 6) is 0.708. The van der Waals surface area contributed by atoms with Gasteiger partial charge in [-0.05, 0) is 37.7 Å². The van der Waals surface area contributed by atoms with Gasteiger partial charge in [0, 0.05) is 13.1 Å². The molecule has 5 nitrogen and oxygen atoms in total. The van der Waals surface area contributed by atoms with Crippen molar-refractivity contribution in [2.45, 2.75) is 13.0 Å². The number of benzene rings is 1. The van der Waals surface area contributed by atoms with Gasteiger partial charge in [0.25, 0.3) is 0 Å². The third-order valence-corrected chi connectivity index (χ3v) is 3.10. The number of hydrogen-bond acceptors (Lipinski definition) is 5. The molecule has 0 aliphatic carbocycles. The predicted octanol–water partition coefficient (Wildman–Crippen LogP) is 2.28. The summed E-state index contributed by atoms with van der Waals surface area (Å²) in [6.07, 6.45) is 1.02. The van der Waals surface area contributed by atoms with Crippen LogP contribution < -0.4 is 5.32 Å². The zero-order valence-electron chi connectivity index (χ0n) is 12.2. The average Bonchev–Trinajstić information content (AvgIpc) is 2.53. The van der Waals surface area contributed by atoms with E-state index in [1.54, 1.807) is 12.1 Å². The van der Waals surface area contributed by atoms with Crippen LogP contribution >= 0.6 is 0 Å². The van der Waals surface area contributed by atoms with Crippen LogP contribution in [0.1, 0.15) is 17.7 Å². The number of nitrogens with one attached hydrogen (secondary N) is 1. The molecule has 108 valence electrons. The van der Waals surface area contributed by atoms with Crippen molar-refractivity contribution in [3.05, 3.63) is 53.7 Å². The Labute approximate surface area is 125 Å². The second-order valence-corrected chi connectivity index (χ2v) is 4.92. The lowest BCUT2D eigenvalue weighted by atomic mass is 10.2. The van der Waals surface area contributed by atoms with Crippen LogP contribution in [0.4, 0.5) is 5.82 Å². The Morgan fingerprint density at radius 2 is 1.95 bits per heavy atom. The lowest BCUT2D eigenvalue weighted by Crippen LogP contribution is -2.21. The molecule has 0 radical (unpaired) electrons. The Bertz CT molecular complexity index is 574. The minimum Gasteiger partial charge on any atom is -0.369 e. The predicted molar refractivity (Wildman–Crippen MR) is 82.6 cm³/mol. The topological polar surface area (TPSA) is 64.8 Å². The van der Waals surface area contributed by atoms with E-state index in [1.165, 1.54) is 5.56 Å². The van der Waals surface area contributed by atoms with Gasteiger partial charge in [-0.2, -0.15) is 5.26 Å². The van der Waals surface area contributed by atoms with Crippen molar-refractivity contribution in [1.29, 1.82) is 5.26 Å². The first kappa shape index (κ1) is 14.9. The van der Waals surface area contributed by atoms with Crippen LogP contribution in [0.5, 0.6) is 0 Å². The maximum Gasteiger partial charge on any atom is 0.163 e. The van der Waals surface area contributed by atoms with E-state index in [1.807, 2.05) is 12.1 Å². The van der Waals surface area contributed by atoms with E-state index in [-0.39, 0.29) is 0 Å². The number of nitriles is 1. The van der Waals surface area contributed by atoms with Crippen molar-refractivity contribution in [3.8, 4) is 6.07 Å². The molecule has 21 heavy (non-hydrogen) atoms. The van der Waals surface area contributed by atoms with Gasteiger partial charge >= 0.3 is 0 Å². The molecule has 0 amide bonds.